The van der Waals surface area contributed by atoms with E-state index in [9.17, 15) is 4.79 Å². The monoisotopic (exact) mass is 224 g/mol. The molecule has 0 amide bonds. The smallest absolute Gasteiger partial charge is 0.313 e. The molecule has 6 nitrogen and oxygen atoms in total. The van der Waals surface area contributed by atoms with Crippen LogP contribution >= 0.6 is 11.8 Å². The summed E-state index contributed by atoms with van der Waals surface area (Å²) in [5.41, 5.74) is 0.659. The molecular weight excluding hydrogens is 216 g/mol. The van der Waals surface area contributed by atoms with Crippen molar-refractivity contribution in [3.63, 3.8) is 0 Å². The lowest BCUT2D eigenvalue weighted by atomic mass is 10.5. The Hall–Kier alpha value is -1.63. The van der Waals surface area contributed by atoms with E-state index in [1.54, 1.807) is 23.6 Å². The van der Waals surface area contributed by atoms with Crippen LogP contribution in [-0.2, 0) is 4.79 Å². The van der Waals surface area contributed by atoms with Crippen LogP contribution in [0.15, 0.2) is 17.2 Å². The number of rotatable bonds is 3. The average Bonchev–Trinajstić information content (AvgIpc) is 2.57. The summed E-state index contributed by atoms with van der Waals surface area (Å²) >= 11 is 1.17. The predicted molar refractivity (Wildman–Crippen MR) is 53.9 cm³/mol. The van der Waals surface area contributed by atoms with E-state index in [0.717, 1.165) is 0 Å². The molecule has 0 bridgehead atoms. The number of aromatic nitrogens is 4. The molecule has 0 aliphatic heterocycles. The Morgan fingerprint density at radius 1 is 1.53 bits per heavy atom. The van der Waals surface area contributed by atoms with Gasteiger partial charge in [-0.05, 0) is 19.1 Å². The third-order valence-corrected chi connectivity index (χ3v) is 2.64. The third kappa shape index (κ3) is 2.07. The minimum atomic E-state index is -0.859. The summed E-state index contributed by atoms with van der Waals surface area (Å²) in [4.78, 5) is 10.4. The number of carboxylic acid groups (broad SMARTS) is 1. The second kappa shape index (κ2) is 3.85. The number of hydrogen-bond donors (Lipinski definition) is 1. The summed E-state index contributed by atoms with van der Waals surface area (Å²) < 4.78 is 1.59. The lowest BCUT2D eigenvalue weighted by molar-refractivity contribution is -0.133. The van der Waals surface area contributed by atoms with Gasteiger partial charge in [-0.25, -0.2) is 0 Å². The fourth-order valence-electron chi connectivity index (χ4n) is 1.09. The zero-order chi connectivity index (χ0) is 10.8. The highest BCUT2D eigenvalue weighted by Gasteiger charge is 2.05. The molecule has 7 heteroatoms. The second-order valence-corrected chi connectivity index (χ2v) is 3.87. The summed E-state index contributed by atoms with van der Waals surface area (Å²) in [6.45, 7) is 1.79. The van der Waals surface area contributed by atoms with Gasteiger partial charge in [0.1, 0.15) is 5.03 Å². The molecule has 0 unspecified atom stereocenters. The van der Waals surface area contributed by atoms with E-state index < -0.39 is 5.97 Å². The van der Waals surface area contributed by atoms with Crippen molar-refractivity contribution in [1.82, 2.24) is 19.8 Å². The number of carbonyl (C=O) groups is 1. The van der Waals surface area contributed by atoms with Gasteiger partial charge >= 0.3 is 5.97 Å². The van der Waals surface area contributed by atoms with Crippen molar-refractivity contribution in [2.24, 2.45) is 0 Å². The van der Waals surface area contributed by atoms with Gasteiger partial charge in [-0.3, -0.25) is 4.79 Å². The van der Waals surface area contributed by atoms with E-state index >= 15 is 0 Å². The molecule has 2 rings (SSSR count). The lowest BCUT2D eigenvalue weighted by Gasteiger charge is -1.98. The second-order valence-electron chi connectivity index (χ2n) is 2.87. The molecule has 0 radical (unpaired) electrons. The van der Waals surface area contributed by atoms with Gasteiger partial charge in [0.05, 0.1) is 5.75 Å². The van der Waals surface area contributed by atoms with Gasteiger partial charge in [0.25, 0.3) is 0 Å². The van der Waals surface area contributed by atoms with Crippen LogP contribution in [0.2, 0.25) is 0 Å². The van der Waals surface area contributed by atoms with Gasteiger partial charge in [-0.1, -0.05) is 11.8 Å². The summed E-state index contributed by atoms with van der Waals surface area (Å²) in [6, 6.07) is 3.49. The normalized spacial score (nSPS) is 10.7. The lowest BCUT2D eigenvalue weighted by Crippen LogP contribution is -2.00. The molecule has 0 aromatic carbocycles. The fourth-order valence-corrected chi connectivity index (χ4v) is 1.67. The highest BCUT2D eigenvalue weighted by Crippen LogP contribution is 2.15. The number of aryl methyl sites for hydroxylation is 1. The van der Waals surface area contributed by atoms with Crippen molar-refractivity contribution in [2.45, 2.75) is 11.9 Å². The van der Waals surface area contributed by atoms with Crippen molar-refractivity contribution < 1.29 is 9.90 Å². The van der Waals surface area contributed by atoms with Crippen LogP contribution in [-0.4, -0.2) is 36.6 Å². The Morgan fingerprint density at radius 3 is 3.07 bits per heavy atom. The van der Waals surface area contributed by atoms with E-state index in [1.807, 2.05) is 0 Å². The predicted octanol–water partition coefficient (Wildman–Crippen LogP) is 0.609. The molecule has 2 heterocycles. The van der Waals surface area contributed by atoms with E-state index in [-0.39, 0.29) is 5.75 Å². The van der Waals surface area contributed by atoms with Crippen LogP contribution in [0, 0.1) is 6.92 Å². The van der Waals surface area contributed by atoms with Gasteiger partial charge < -0.3 is 5.11 Å². The summed E-state index contributed by atoms with van der Waals surface area (Å²) in [5, 5.41) is 21.1. The summed E-state index contributed by atoms with van der Waals surface area (Å²) in [5.74, 6) is -0.176. The molecule has 0 spiro atoms. The molecular formula is C8H8N4O2S. The van der Waals surface area contributed by atoms with Crippen molar-refractivity contribution in [1.29, 1.82) is 0 Å². The van der Waals surface area contributed by atoms with Crippen molar-refractivity contribution >= 4 is 23.4 Å². The molecule has 15 heavy (non-hydrogen) atoms. The number of aliphatic carboxylic acids is 1. The zero-order valence-corrected chi connectivity index (χ0v) is 8.73. The number of carboxylic acids is 1. The van der Waals surface area contributed by atoms with Gasteiger partial charge in [0, 0.05) is 0 Å². The minimum absolute atomic E-state index is 0.000317. The molecule has 1 N–H and O–H groups in total. The molecule has 0 atom stereocenters. The van der Waals surface area contributed by atoms with Gasteiger partial charge in [0.2, 0.25) is 0 Å². The molecule has 0 aliphatic carbocycles. The van der Waals surface area contributed by atoms with Crippen LogP contribution in [0.25, 0.3) is 5.65 Å². The Kier molecular flexibility index (Phi) is 2.55. The molecule has 0 saturated carbocycles. The number of thioether (sulfide) groups is 1. The first-order valence-electron chi connectivity index (χ1n) is 4.20. The molecule has 0 saturated heterocycles. The van der Waals surface area contributed by atoms with Crippen molar-refractivity contribution in [3.8, 4) is 0 Å². The Labute approximate surface area is 89.3 Å². The van der Waals surface area contributed by atoms with Crippen molar-refractivity contribution in [3.05, 3.63) is 18.0 Å². The van der Waals surface area contributed by atoms with Crippen LogP contribution in [0.5, 0.6) is 0 Å². The summed E-state index contributed by atoms with van der Waals surface area (Å²) in [6.07, 6.45) is 0. The average molecular weight is 224 g/mol. The Morgan fingerprint density at radius 2 is 2.33 bits per heavy atom. The SMILES string of the molecule is Cc1nnc2ccc(SCC(=O)O)nn12. The van der Waals surface area contributed by atoms with Crippen LogP contribution in [0.1, 0.15) is 5.82 Å². The highest BCUT2D eigenvalue weighted by atomic mass is 32.2. The van der Waals surface area contributed by atoms with E-state index in [1.165, 1.54) is 11.8 Å². The zero-order valence-electron chi connectivity index (χ0n) is 7.91. The van der Waals surface area contributed by atoms with E-state index in [4.69, 9.17) is 5.11 Å². The fraction of sp³-hybridized carbons (Fsp3) is 0.250. The maximum Gasteiger partial charge on any atom is 0.313 e. The molecule has 0 aliphatic rings. The first kappa shape index (κ1) is 9.91. The molecule has 0 fully saturated rings. The maximum absolute atomic E-state index is 10.4. The molecule has 2 aromatic rings. The maximum atomic E-state index is 10.4. The van der Waals surface area contributed by atoms with Gasteiger partial charge in [0.15, 0.2) is 11.5 Å². The molecule has 2 aromatic heterocycles. The van der Waals surface area contributed by atoms with E-state index in [0.29, 0.717) is 16.5 Å². The highest BCUT2D eigenvalue weighted by molar-refractivity contribution is 7.99. The van der Waals surface area contributed by atoms with Gasteiger partial charge in [-0.15, -0.1) is 10.2 Å². The minimum Gasteiger partial charge on any atom is -0.481 e. The third-order valence-electron chi connectivity index (χ3n) is 1.74. The first-order valence-corrected chi connectivity index (χ1v) is 5.19. The Balaban J connectivity index is 2.29. The van der Waals surface area contributed by atoms with Crippen LogP contribution < -0.4 is 0 Å². The van der Waals surface area contributed by atoms with Crippen LogP contribution in [0.3, 0.4) is 0 Å². The van der Waals surface area contributed by atoms with Crippen LogP contribution in [0.4, 0.5) is 0 Å². The number of hydrogen-bond acceptors (Lipinski definition) is 5. The quantitative estimate of drug-likeness (QED) is 0.769. The number of fused-ring (bicyclic) bond motifs is 1. The molecule has 78 valence electrons. The summed E-state index contributed by atoms with van der Waals surface area (Å²) in [7, 11) is 0. The van der Waals surface area contributed by atoms with Gasteiger partial charge in [-0.2, -0.15) is 9.61 Å². The number of nitrogens with zero attached hydrogens (tertiary/aromatic N) is 4. The first-order chi connectivity index (χ1) is 7.16. The Bertz CT molecular complexity index is 510. The van der Waals surface area contributed by atoms with E-state index in [2.05, 4.69) is 15.3 Å². The largest absolute Gasteiger partial charge is 0.481 e. The topological polar surface area (TPSA) is 80.4 Å². The van der Waals surface area contributed by atoms with Crippen molar-refractivity contribution in [2.75, 3.05) is 5.75 Å². The standard InChI is InChI=1S/C8H8N4O2S/c1-5-9-10-6-2-3-7(11-12(5)6)15-4-8(13)14/h2-3H,4H2,1H3,(H,13,14).